The van der Waals surface area contributed by atoms with Gasteiger partial charge in [-0.25, -0.2) is 0 Å². The van der Waals surface area contributed by atoms with Crippen LogP contribution in [0.4, 0.5) is 0 Å². The Morgan fingerprint density at radius 1 is 0.311 bits per heavy atom. The molecule has 1 heterocycles. The number of benzene rings is 6. The molecule has 0 amide bonds. The SMILES string of the molecule is Cc1ccc(-c2ccccc2-c2ccnc(-c3ccccc3-c3ccc(C)cc3)c2-c2ccccc2-c2ccc(C)cc2)cc1. The summed E-state index contributed by atoms with van der Waals surface area (Å²) in [6.07, 6.45) is 1.97. The molecule has 7 rings (SSSR count). The molecule has 0 aliphatic rings. The summed E-state index contributed by atoms with van der Waals surface area (Å²) >= 11 is 0. The van der Waals surface area contributed by atoms with Crippen molar-refractivity contribution in [2.24, 2.45) is 0 Å². The fraction of sp³-hybridized carbons (Fsp3) is 0.0682. The molecule has 0 unspecified atom stereocenters. The zero-order valence-electron chi connectivity index (χ0n) is 26.0. The van der Waals surface area contributed by atoms with Crippen molar-refractivity contribution in [1.29, 1.82) is 0 Å². The maximum atomic E-state index is 5.18. The second-order valence-electron chi connectivity index (χ2n) is 11.8. The first-order chi connectivity index (χ1) is 22.1. The highest BCUT2D eigenvalue weighted by Crippen LogP contribution is 2.46. The van der Waals surface area contributed by atoms with Crippen molar-refractivity contribution >= 4 is 0 Å². The van der Waals surface area contributed by atoms with Crippen molar-refractivity contribution in [2.75, 3.05) is 0 Å². The van der Waals surface area contributed by atoms with Crippen LogP contribution in [-0.4, -0.2) is 4.98 Å². The summed E-state index contributed by atoms with van der Waals surface area (Å²) < 4.78 is 0. The van der Waals surface area contributed by atoms with Gasteiger partial charge in [0.05, 0.1) is 5.69 Å². The molecule has 7 aromatic rings. The minimum Gasteiger partial charge on any atom is -0.256 e. The minimum atomic E-state index is 0.974. The van der Waals surface area contributed by atoms with Gasteiger partial charge in [-0.05, 0) is 76.9 Å². The summed E-state index contributed by atoms with van der Waals surface area (Å²) in [7, 11) is 0. The third-order valence-corrected chi connectivity index (χ3v) is 8.63. The molecule has 0 N–H and O–H groups in total. The molecule has 216 valence electrons. The van der Waals surface area contributed by atoms with Crippen molar-refractivity contribution in [2.45, 2.75) is 20.8 Å². The number of nitrogens with zero attached hydrogens (tertiary/aromatic N) is 1. The molecule has 0 bridgehead atoms. The Morgan fingerprint density at radius 2 is 0.667 bits per heavy atom. The Kier molecular flexibility index (Phi) is 7.68. The van der Waals surface area contributed by atoms with Gasteiger partial charge in [0.15, 0.2) is 0 Å². The summed E-state index contributed by atoms with van der Waals surface area (Å²) in [5, 5.41) is 0. The summed E-state index contributed by atoms with van der Waals surface area (Å²) in [4.78, 5) is 5.18. The van der Waals surface area contributed by atoms with E-state index in [2.05, 4.69) is 172 Å². The lowest BCUT2D eigenvalue weighted by Gasteiger charge is -2.21. The van der Waals surface area contributed by atoms with Crippen LogP contribution in [0.5, 0.6) is 0 Å². The maximum absolute atomic E-state index is 5.18. The highest BCUT2D eigenvalue weighted by Gasteiger charge is 2.22. The third-order valence-electron chi connectivity index (χ3n) is 8.63. The zero-order chi connectivity index (χ0) is 30.8. The summed E-state index contributed by atoms with van der Waals surface area (Å²) in [6.45, 7) is 6.40. The van der Waals surface area contributed by atoms with Gasteiger partial charge in [-0.15, -0.1) is 0 Å². The molecule has 6 aromatic carbocycles. The van der Waals surface area contributed by atoms with E-state index >= 15 is 0 Å². The summed E-state index contributed by atoms with van der Waals surface area (Å²) in [5.41, 5.74) is 17.6. The fourth-order valence-corrected chi connectivity index (χ4v) is 6.23. The Labute approximate surface area is 266 Å². The van der Waals surface area contributed by atoms with E-state index in [1.807, 2.05) is 6.20 Å². The lowest BCUT2D eigenvalue weighted by Crippen LogP contribution is -1.98. The molecule has 0 aliphatic carbocycles. The van der Waals surface area contributed by atoms with Crippen LogP contribution in [0.3, 0.4) is 0 Å². The number of rotatable bonds is 6. The van der Waals surface area contributed by atoms with Crippen LogP contribution < -0.4 is 0 Å². The lowest BCUT2D eigenvalue weighted by molar-refractivity contribution is 1.32. The Bertz CT molecular complexity index is 1990. The van der Waals surface area contributed by atoms with E-state index in [-0.39, 0.29) is 0 Å². The lowest BCUT2D eigenvalue weighted by atomic mass is 9.83. The molecule has 1 aromatic heterocycles. The van der Waals surface area contributed by atoms with Gasteiger partial charge < -0.3 is 0 Å². The van der Waals surface area contributed by atoms with Gasteiger partial charge in [-0.3, -0.25) is 4.98 Å². The van der Waals surface area contributed by atoms with Gasteiger partial charge in [-0.1, -0.05) is 162 Å². The average Bonchev–Trinajstić information content (AvgIpc) is 3.09. The largest absolute Gasteiger partial charge is 0.256 e. The van der Waals surface area contributed by atoms with Gasteiger partial charge in [0, 0.05) is 17.3 Å². The van der Waals surface area contributed by atoms with Gasteiger partial charge in [0.2, 0.25) is 0 Å². The molecular formula is C44H35N. The fourth-order valence-electron chi connectivity index (χ4n) is 6.23. The molecule has 0 radical (unpaired) electrons. The topological polar surface area (TPSA) is 12.9 Å². The van der Waals surface area contributed by atoms with Crippen LogP contribution in [0.1, 0.15) is 16.7 Å². The number of pyridine rings is 1. The predicted molar refractivity (Wildman–Crippen MR) is 191 cm³/mol. The average molecular weight is 578 g/mol. The van der Waals surface area contributed by atoms with E-state index in [1.165, 1.54) is 55.6 Å². The second kappa shape index (κ2) is 12.2. The summed E-state index contributed by atoms with van der Waals surface area (Å²) in [6, 6.07) is 54.8. The van der Waals surface area contributed by atoms with E-state index < -0.39 is 0 Å². The highest BCUT2D eigenvalue weighted by molar-refractivity contribution is 6.02. The number of hydrogen-bond acceptors (Lipinski definition) is 1. The molecule has 45 heavy (non-hydrogen) atoms. The second-order valence-corrected chi connectivity index (χ2v) is 11.8. The van der Waals surface area contributed by atoms with Crippen LogP contribution in [-0.2, 0) is 0 Å². The Morgan fingerprint density at radius 3 is 1.13 bits per heavy atom. The van der Waals surface area contributed by atoms with Gasteiger partial charge in [0.1, 0.15) is 0 Å². The van der Waals surface area contributed by atoms with Crippen molar-refractivity contribution in [3.05, 3.63) is 175 Å². The van der Waals surface area contributed by atoms with E-state index in [1.54, 1.807) is 0 Å². The normalized spacial score (nSPS) is 11.0. The van der Waals surface area contributed by atoms with Crippen LogP contribution in [0.15, 0.2) is 158 Å². The van der Waals surface area contributed by atoms with E-state index in [9.17, 15) is 0 Å². The first-order valence-corrected chi connectivity index (χ1v) is 15.5. The zero-order valence-corrected chi connectivity index (χ0v) is 26.0. The molecule has 1 heteroatoms. The first kappa shape index (κ1) is 28.3. The summed E-state index contributed by atoms with van der Waals surface area (Å²) in [5.74, 6) is 0. The number of aryl methyl sites for hydroxylation is 3. The van der Waals surface area contributed by atoms with Gasteiger partial charge >= 0.3 is 0 Å². The highest BCUT2D eigenvalue weighted by atomic mass is 14.7. The predicted octanol–water partition coefficient (Wildman–Crippen LogP) is 12.0. The van der Waals surface area contributed by atoms with Crippen LogP contribution in [0, 0.1) is 20.8 Å². The van der Waals surface area contributed by atoms with E-state index in [4.69, 9.17) is 4.98 Å². The molecule has 1 nitrogen and oxygen atoms in total. The maximum Gasteiger partial charge on any atom is 0.0792 e. The van der Waals surface area contributed by atoms with Crippen LogP contribution in [0.2, 0.25) is 0 Å². The van der Waals surface area contributed by atoms with E-state index in [0.29, 0.717) is 0 Å². The molecule has 0 spiro atoms. The molecule has 0 saturated heterocycles. The minimum absolute atomic E-state index is 0.974. The van der Waals surface area contributed by atoms with E-state index in [0.717, 1.165) is 27.9 Å². The smallest absolute Gasteiger partial charge is 0.0792 e. The number of aromatic nitrogens is 1. The molecule has 0 aliphatic heterocycles. The van der Waals surface area contributed by atoms with Crippen LogP contribution in [0.25, 0.3) is 66.9 Å². The molecule has 0 saturated carbocycles. The van der Waals surface area contributed by atoms with Crippen molar-refractivity contribution in [1.82, 2.24) is 4.98 Å². The van der Waals surface area contributed by atoms with Crippen LogP contribution >= 0.6 is 0 Å². The number of hydrogen-bond donors (Lipinski definition) is 0. The molecular weight excluding hydrogens is 542 g/mol. The Balaban J connectivity index is 1.55. The Hall–Kier alpha value is -5.53. The van der Waals surface area contributed by atoms with Crippen molar-refractivity contribution in [3.8, 4) is 66.9 Å². The quantitative estimate of drug-likeness (QED) is 0.192. The molecule has 0 fully saturated rings. The van der Waals surface area contributed by atoms with Crippen molar-refractivity contribution < 1.29 is 0 Å². The molecule has 0 atom stereocenters. The third kappa shape index (κ3) is 5.61. The van der Waals surface area contributed by atoms with Crippen molar-refractivity contribution in [3.63, 3.8) is 0 Å². The monoisotopic (exact) mass is 577 g/mol. The van der Waals surface area contributed by atoms with Gasteiger partial charge in [0.25, 0.3) is 0 Å². The first-order valence-electron chi connectivity index (χ1n) is 15.5. The van der Waals surface area contributed by atoms with Gasteiger partial charge in [-0.2, -0.15) is 0 Å². The standard InChI is InChI=1S/C44H35N/c1-30-16-22-33(23-17-30)36-10-4-7-13-39(36)41-28-29-45-44(42-15-9-6-12-38(42)35-26-20-32(3)21-27-35)43(41)40-14-8-5-11-37(40)34-24-18-31(2)19-25-34/h4-29H,1-3H3.